The number of hydrogen-bond donors (Lipinski definition) is 3. The van der Waals surface area contributed by atoms with E-state index in [0.717, 1.165) is 18.2 Å². The molecule has 0 aliphatic carbocycles. The van der Waals surface area contributed by atoms with E-state index in [1.54, 1.807) is 24.3 Å². The van der Waals surface area contributed by atoms with Crippen LogP contribution >= 0.6 is 16.7 Å². The summed E-state index contributed by atoms with van der Waals surface area (Å²) in [6, 6.07) is 26.2. The van der Waals surface area contributed by atoms with Gasteiger partial charge >= 0.3 is 0 Å². The largest absolute Gasteiger partial charge is 0.388 e. The van der Waals surface area contributed by atoms with Crippen molar-refractivity contribution in [2.45, 2.75) is 203 Å². The third-order valence-corrected chi connectivity index (χ3v) is 20.8. The van der Waals surface area contributed by atoms with Crippen molar-refractivity contribution in [2.24, 2.45) is 11.8 Å². The van der Waals surface area contributed by atoms with Crippen LogP contribution in [0.4, 0.5) is 11.6 Å². The molecular weight excluding hydrogens is 1120 g/mol. The van der Waals surface area contributed by atoms with Crippen LogP contribution in [0.1, 0.15) is 163 Å². The highest BCUT2D eigenvalue weighted by atomic mass is 31.2. The quantitative estimate of drug-likeness (QED) is 0.0292. The van der Waals surface area contributed by atoms with E-state index in [9.17, 15) is 14.7 Å². The molecule has 0 bridgehead atoms. The van der Waals surface area contributed by atoms with Crippen molar-refractivity contribution < 1.29 is 33.2 Å². The Morgan fingerprint density at radius 3 is 1.51 bits per heavy atom. The fourth-order valence-electron chi connectivity index (χ4n) is 11.4. The molecule has 2 amide bonds. The van der Waals surface area contributed by atoms with E-state index < -0.39 is 35.3 Å². The van der Waals surface area contributed by atoms with Crippen molar-refractivity contribution in [1.29, 1.82) is 5.26 Å². The van der Waals surface area contributed by atoms with Crippen LogP contribution in [0, 0.1) is 29.7 Å². The van der Waals surface area contributed by atoms with Gasteiger partial charge in [-0.1, -0.05) is 64.1 Å². The maximum Gasteiger partial charge on any atom is 0.256 e. The lowest BCUT2D eigenvalue weighted by Gasteiger charge is -2.45. The molecule has 0 radical (unpaired) electrons. The van der Waals surface area contributed by atoms with Gasteiger partial charge in [0.1, 0.15) is 56.1 Å². The molecule has 6 heterocycles. The molecule has 9 atom stereocenters. The van der Waals surface area contributed by atoms with E-state index >= 15 is 0 Å². The van der Waals surface area contributed by atoms with Gasteiger partial charge in [0, 0.05) is 71.6 Å². The normalized spacial score (nSPS) is 20.8. The van der Waals surface area contributed by atoms with Gasteiger partial charge in [-0.3, -0.25) is 14.3 Å². The molecule has 2 aliphatic heterocycles. The van der Waals surface area contributed by atoms with Crippen LogP contribution in [0.3, 0.4) is 0 Å². The average Bonchev–Trinajstić information content (AvgIpc) is 1.74. The average molecular weight is 1220 g/mol. The van der Waals surface area contributed by atoms with E-state index in [-0.39, 0.29) is 54.0 Å². The molecule has 0 saturated carbocycles. The summed E-state index contributed by atoms with van der Waals surface area (Å²) in [5, 5.41) is 26.5. The number of hydrogen-bond acceptors (Lipinski definition) is 15. The van der Waals surface area contributed by atoms with Crippen LogP contribution in [0.5, 0.6) is 0 Å². The second kappa shape index (κ2) is 32.9. The van der Waals surface area contributed by atoms with Crippen molar-refractivity contribution in [2.75, 3.05) is 29.9 Å². The van der Waals surface area contributed by atoms with Gasteiger partial charge in [0.05, 0.1) is 48.2 Å². The Labute approximate surface area is 513 Å². The number of rotatable bonds is 24. The minimum absolute atomic E-state index is 0.00143. The summed E-state index contributed by atoms with van der Waals surface area (Å²) in [6.07, 6.45) is 7.74. The number of anilines is 2. The Bertz CT molecular complexity index is 3110. The van der Waals surface area contributed by atoms with Gasteiger partial charge in [0.25, 0.3) is 11.8 Å². The molecule has 0 spiro atoms. The van der Waals surface area contributed by atoms with Gasteiger partial charge in [-0.15, -0.1) is 0 Å². The molecule has 2 aromatic carbocycles. The van der Waals surface area contributed by atoms with Crippen molar-refractivity contribution >= 4 is 62.3 Å². The number of ether oxygens (including phenoxy) is 2. The van der Waals surface area contributed by atoms with Gasteiger partial charge in [0.2, 0.25) is 6.54 Å². The Balaban J connectivity index is 0.000000220. The maximum absolute atomic E-state index is 12.8. The number of amides is 2. The van der Waals surface area contributed by atoms with Crippen molar-refractivity contribution in [3.8, 4) is 6.07 Å². The molecule has 86 heavy (non-hydrogen) atoms. The van der Waals surface area contributed by atoms with Crippen LogP contribution in [-0.4, -0.2) is 140 Å². The summed E-state index contributed by atoms with van der Waals surface area (Å²) >= 11 is 0. The number of nitriles is 1. The van der Waals surface area contributed by atoms with Crippen LogP contribution in [-0.2, 0) is 18.5 Å². The summed E-state index contributed by atoms with van der Waals surface area (Å²) in [4.78, 5) is 46.4. The van der Waals surface area contributed by atoms with Gasteiger partial charge in [0.15, 0.2) is 20.9 Å². The zero-order chi connectivity index (χ0) is 62.9. The lowest BCUT2D eigenvalue weighted by atomic mass is 9.99. The van der Waals surface area contributed by atoms with Crippen molar-refractivity contribution in [1.82, 2.24) is 43.1 Å². The molecule has 6 aromatic rings. The summed E-state index contributed by atoms with van der Waals surface area (Å²) in [5.41, 5.74) is 2.40. The molecule has 1 unspecified atom stereocenters. The van der Waals surface area contributed by atoms with Gasteiger partial charge in [-0.25, -0.2) is 35.8 Å². The SMILES string of the molecule is CC(C)N(C(C)C)P(OCCC#N)N(C(C)C)C(C)C.CC[C@H]1O[C@@H](n2ccc3c(NC(=O)c4ccccc4)ncnc32)[C@H](O)[C@@H]1C.[C-]#[N+]CCP(O[C@@H]1[C@H](C)[C@@H](CC)O[C@H]1n1ccc2c(NC(=O)c3ccccc3)ncnc21)N(C(C)C)C(C)C. The second-order valence-electron chi connectivity index (χ2n) is 23.4. The fraction of sp³-hybridized carbons (Fsp3) is 0.562. The molecule has 2 saturated heterocycles. The standard InChI is InChI=1S/C29H39N6O3P.C20H22N4O3.C15H32N3OP/c1-8-24-21(6)25(38-39(17-15-30-7)35(19(2)3)20(4)5)29(37-24)34-16-14-23-26(31-18-32-27(23)34)33-28(36)22-12-10-9-11-13-22;1-3-15-12(2)16(25)20(27-15)24-10-9-14-17(21-11-22-18(14)24)23-19(26)13-7-5-4-6-8-13;1-12(2)17(13(3)4)20(19-11-9-10-16)18(14(5)6)15(7)8/h9-14,16,18-21,24-25,29H,8,15,17H2,1-6H3,(H,31,32,33,36);4-12,15-16,20,25H,3H2,1-2H3,(H,21,22,23,26);12-15H,9,11H2,1-8H3/t21-,24-,25-,29-,39?;12-,15-,16-,20-;/m11./s1. The molecule has 3 N–H and O–H groups in total. The van der Waals surface area contributed by atoms with Crippen LogP contribution < -0.4 is 10.6 Å². The molecule has 2 fully saturated rings. The van der Waals surface area contributed by atoms with Crippen LogP contribution in [0.2, 0.25) is 0 Å². The molecule has 22 heteroatoms. The Morgan fingerprint density at radius 2 is 1.10 bits per heavy atom. The first-order chi connectivity index (χ1) is 41.1. The van der Waals surface area contributed by atoms with E-state index in [1.807, 2.05) is 83.9 Å². The number of benzene rings is 2. The van der Waals surface area contributed by atoms with Gasteiger partial charge in [-0.05, 0) is 132 Å². The highest BCUT2D eigenvalue weighted by Gasteiger charge is 2.46. The third-order valence-electron chi connectivity index (χ3n) is 15.2. The molecule has 4 aromatic heterocycles. The molecule has 20 nitrogen and oxygen atoms in total. The number of aliphatic hydroxyl groups excluding tert-OH is 1. The summed E-state index contributed by atoms with van der Waals surface area (Å²) in [6.45, 7) is 43.1. The molecule has 466 valence electrons. The monoisotopic (exact) mass is 1220 g/mol. The Hall–Kier alpha value is -5.86. The lowest BCUT2D eigenvalue weighted by Crippen LogP contribution is -2.43. The Morgan fingerprint density at radius 1 is 0.674 bits per heavy atom. The van der Waals surface area contributed by atoms with Crippen LogP contribution in [0.25, 0.3) is 26.9 Å². The first kappa shape index (κ1) is 69.2. The van der Waals surface area contributed by atoms with Crippen molar-refractivity contribution in [3.63, 3.8) is 0 Å². The highest BCUT2D eigenvalue weighted by molar-refractivity contribution is 7.50. The number of aliphatic hydroxyl groups is 1. The van der Waals surface area contributed by atoms with Gasteiger partial charge in [-0.2, -0.15) is 5.26 Å². The first-order valence-electron chi connectivity index (χ1n) is 30.4. The predicted molar refractivity (Wildman–Crippen MR) is 344 cm³/mol. The second-order valence-corrected chi connectivity index (χ2v) is 26.9. The van der Waals surface area contributed by atoms with E-state index in [4.69, 9.17) is 30.4 Å². The number of nitrogens with one attached hydrogen (secondary N) is 2. The van der Waals surface area contributed by atoms with Crippen LogP contribution in [0.15, 0.2) is 97.8 Å². The number of aromatic nitrogens is 6. The summed E-state index contributed by atoms with van der Waals surface area (Å²) < 4.78 is 36.9. The Kier molecular flexibility index (Phi) is 26.5. The topological polar surface area (TPSA) is 215 Å². The summed E-state index contributed by atoms with van der Waals surface area (Å²) in [5.74, 6) is 0.607. The number of carbonyl (C=O) groups is 2. The van der Waals surface area contributed by atoms with Crippen molar-refractivity contribution in [3.05, 3.63) is 120 Å². The number of nitrogens with zero attached hydrogens (tertiary/aromatic N) is 11. The lowest BCUT2D eigenvalue weighted by molar-refractivity contribution is -0.0352. The minimum Gasteiger partial charge on any atom is -0.388 e. The maximum atomic E-state index is 12.8. The first-order valence-corrected chi connectivity index (χ1v) is 32.9. The van der Waals surface area contributed by atoms with E-state index in [1.165, 1.54) is 12.7 Å². The minimum atomic E-state index is -1.02. The third kappa shape index (κ3) is 17.1. The van der Waals surface area contributed by atoms with E-state index in [0.29, 0.717) is 89.3 Å². The predicted octanol–water partition coefficient (Wildman–Crippen LogP) is 13.7. The zero-order valence-electron chi connectivity index (χ0n) is 53.3. The smallest absolute Gasteiger partial charge is 0.256 e. The number of carbonyl (C=O) groups excluding carboxylic acids is 2. The number of fused-ring (bicyclic) bond motifs is 2. The van der Waals surface area contributed by atoms with Gasteiger partial charge < -0.3 is 48.2 Å². The fourth-order valence-corrected chi connectivity index (χ4v) is 16.0. The summed E-state index contributed by atoms with van der Waals surface area (Å²) in [7, 11) is -1.86. The molecular formula is C64H93N13O7P2. The van der Waals surface area contributed by atoms with E-state index in [2.05, 4.69) is 152 Å². The molecule has 2 aliphatic rings. The molecule has 8 rings (SSSR count). The zero-order valence-corrected chi connectivity index (χ0v) is 55.1. The highest BCUT2D eigenvalue weighted by Crippen LogP contribution is 2.53.